The first kappa shape index (κ1) is 34.3. The van der Waals surface area contributed by atoms with Crippen LogP contribution in [0.2, 0.25) is 0 Å². The van der Waals surface area contributed by atoms with Crippen molar-refractivity contribution < 1.29 is 4.42 Å². The van der Waals surface area contributed by atoms with Gasteiger partial charge in [0.1, 0.15) is 11.2 Å². The predicted molar refractivity (Wildman–Crippen MR) is 243 cm³/mol. The van der Waals surface area contributed by atoms with Crippen molar-refractivity contribution in [2.45, 2.75) is 0 Å². The zero-order chi connectivity index (χ0) is 39.1. The van der Waals surface area contributed by atoms with E-state index in [1.54, 1.807) is 0 Å². The van der Waals surface area contributed by atoms with Gasteiger partial charge in [-0.25, -0.2) is 15.0 Å². The molecule has 2 aromatic heterocycles. The summed E-state index contributed by atoms with van der Waals surface area (Å²) in [4.78, 5) is 15.6. The molecular weight excluding hydrogens is 719 g/mol. The molecule has 0 radical (unpaired) electrons. The van der Waals surface area contributed by atoms with Crippen LogP contribution < -0.4 is 0 Å². The Kier molecular flexibility index (Phi) is 8.45. The molecule has 0 N–H and O–H groups in total. The number of benzene rings is 9. The number of furan rings is 1. The Bertz CT molecular complexity index is 3290. The van der Waals surface area contributed by atoms with E-state index in [9.17, 15) is 0 Å². The third-order valence-corrected chi connectivity index (χ3v) is 11.2. The highest BCUT2D eigenvalue weighted by Crippen LogP contribution is 2.41. The quantitative estimate of drug-likeness (QED) is 0.163. The fraction of sp³-hybridized carbons (Fsp3) is 0. The molecule has 0 aliphatic rings. The molecule has 0 unspecified atom stereocenters. The van der Waals surface area contributed by atoms with Crippen LogP contribution in [0.25, 0.3) is 111 Å². The summed E-state index contributed by atoms with van der Waals surface area (Å²) in [5.41, 5.74) is 13.5. The van der Waals surface area contributed by atoms with Crippen molar-refractivity contribution in [3.63, 3.8) is 0 Å². The van der Waals surface area contributed by atoms with Gasteiger partial charge < -0.3 is 4.42 Å². The second-order valence-electron chi connectivity index (χ2n) is 14.8. The summed E-state index contributed by atoms with van der Waals surface area (Å²) in [6.07, 6.45) is 0. The predicted octanol–water partition coefficient (Wildman–Crippen LogP) is 14.6. The van der Waals surface area contributed by atoms with Crippen LogP contribution in [0.4, 0.5) is 0 Å². The molecule has 276 valence electrons. The summed E-state index contributed by atoms with van der Waals surface area (Å²) in [6.45, 7) is 0. The fourth-order valence-electron chi connectivity index (χ4n) is 8.22. The topological polar surface area (TPSA) is 51.8 Å². The van der Waals surface area contributed by atoms with Gasteiger partial charge in [0.05, 0.1) is 0 Å². The van der Waals surface area contributed by atoms with Crippen LogP contribution in [0.3, 0.4) is 0 Å². The molecular formula is C55H35N3O. The summed E-state index contributed by atoms with van der Waals surface area (Å²) in [6, 6.07) is 74.0. The smallest absolute Gasteiger partial charge is 0.164 e. The zero-order valence-corrected chi connectivity index (χ0v) is 32.0. The maximum absolute atomic E-state index is 6.75. The number of hydrogen-bond acceptors (Lipinski definition) is 4. The van der Waals surface area contributed by atoms with Gasteiger partial charge in [0.25, 0.3) is 0 Å². The highest BCUT2D eigenvalue weighted by atomic mass is 16.3. The molecule has 0 amide bonds. The Balaban J connectivity index is 1.03. The van der Waals surface area contributed by atoms with Gasteiger partial charge in [0, 0.05) is 33.0 Å². The maximum Gasteiger partial charge on any atom is 0.164 e. The largest absolute Gasteiger partial charge is 0.455 e. The molecule has 0 saturated heterocycles. The van der Waals surface area contributed by atoms with E-state index in [0.29, 0.717) is 17.5 Å². The monoisotopic (exact) mass is 753 g/mol. The molecule has 0 atom stereocenters. The molecule has 0 saturated carbocycles. The summed E-state index contributed by atoms with van der Waals surface area (Å²) in [7, 11) is 0. The van der Waals surface area contributed by atoms with Crippen molar-refractivity contribution in [3.8, 4) is 78.7 Å². The lowest BCUT2D eigenvalue weighted by molar-refractivity contribution is 0.670. The summed E-state index contributed by atoms with van der Waals surface area (Å²) in [5, 5.41) is 4.20. The van der Waals surface area contributed by atoms with Gasteiger partial charge in [-0.05, 0) is 61.8 Å². The number of nitrogens with zero attached hydrogens (tertiary/aromatic N) is 3. The molecule has 4 nitrogen and oxygen atoms in total. The third-order valence-electron chi connectivity index (χ3n) is 11.2. The number of rotatable bonds is 7. The van der Waals surface area contributed by atoms with Crippen molar-refractivity contribution in [3.05, 3.63) is 212 Å². The summed E-state index contributed by atoms with van der Waals surface area (Å²) >= 11 is 0. The van der Waals surface area contributed by atoms with Crippen LogP contribution in [-0.4, -0.2) is 15.0 Å². The molecule has 11 aromatic rings. The minimum atomic E-state index is 0.589. The van der Waals surface area contributed by atoms with Gasteiger partial charge in [-0.15, -0.1) is 0 Å². The molecule has 0 spiro atoms. The van der Waals surface area contributed by atoms with Gasteiger partial charge in [0.15, 0.2) is 17.5 Å². The van der Waals surface area contributed by atoms with Crippen molar-refractivity contribution in [2.75, 3.05) is 0 Å². The van der Waals surface area contributed by atoms with E-state index in [2.05, 4.69) is 194 Å². The SMILES string of the molecule is c1ccc(-c2ccc(-c3nc(-c4cccc5ccccc45)nc(-c4cccc5oc6c(-c7ccc(-c8cccc(-c9ccccc9)c8)cc7)cccc6c45)n3)cc2)cc1. The van der Waals surface area contributed by atoms with Gasteiger partial charge >= 0.3 is 0 Å². The summed E-state index contributed by atoms with van der Waals surface area (Å²) in [5.74, 6) is 1.82. The highest BCUT2D eigenvalue weighted by molar-refractivity contribution is 6.15. The van der Waals surface area contributed by atoms with E-state index >= 15 is 0 Å². The van der Waals surface area contributed by atoms with Gasteiger partial charge in [-0.1, -0.05) is 200 Å². The van der Waals surface area contributed by atoms with Crippen LogP contribution in [-0.2, 0) is 0 Å². The fourth-order valence-corrected chi connectivity index (χ4v) is 8.22. The Hall–Kier alpha value is -7.95. The van der Waals surface area contributed by atoms with E-state index < -0.39 is 0 Å². The van der Waals surface area contributed by atoms with E-state index in [1.807, 2.05) is 18.2 Å². The highest BCUT2D eigenvalue weighted by Gasteiger charge is 2.20. The Morgan fingerprint density at radius 2 is 0.746 bits per heavy atom. The van der Waals surface area contributed by atoms with Crippen molar-refractivity contribution >= 4 is 32.7 Å². The first-order chi connectivity index (χ1) is 29.2. The average Bonchev–Trinajstić information content (AvgIpc) is 3.71. The van der Waals surface area contributed by atoms with Crippen molar-refractivity contribution in [1.82, 2.24) is 15.0 Å². The Morgan fingerprint density at radius 3 is 1.49 bits per heavy atom. The molecule has 0 fully saturated rings. The van der Waals surface area contributed by atoms with Crippen molar-refractivity contribution in [1.29, 1.82) is 0 Å². The molecule has 0 bridgehead atoms. The number of fused-ring (bicyclic) bond motifs is 4. The van der Waals surface area contributed by atoms with E-state index in [1.165, 1.54) is 16.7 Å². The van der Waals surface area contributed by atoms with Crippen LogP contribution in [0.5, 0.6) is 0 Å². The molecule has 0 aliphatic carbocycles. The molecule has 2 heterocycles. The Morgan fingerprint density at radius 1 is 0.288 bits per heavy atom. The molecule has 0 aliphatic heterocycles. The van der Waals surface area contributed by atoms with Crippen LogP contribution in [0.1, 0.15) is 0 Å². The zero-order valence-electron chi connectivity index (χ0n) is 32.0. The number of hydrogen-bond donors (Lipinski definition) is 0. The molecule has 59 heavy (non-hydrogen) atoms. The lowest BCUT2D eigenvalue weighted by Gasteiger charge is -2.11. The van der Waals surface area contributed by atoms with E-state index in [4.69, 9.17) is 19.4 Å². The first-order valence-electron chi connectivity index (χ1n) is 19.8. The number of aromatic nitrogens is 3. The second-order valence-corrected chi connectivity index (χ2v) is 14.8. The van der Waals surface area contributed by atoms with Crippen LogP contribution in [0, 0.1) is 0 Å². The first-order valence-corrected chi connectivity index (χ1v) is 19.8. The van der Waals surface area contributed by atoms with Crippen molar-refractivity contribution in [2.24, 2.45) is 0 Å². The van der Waals surface area contributed by atoms with Crippen LogP contribution in [0.15, 0.2) is 217 Å². The van der Waals surface area contributed by atoms with E-state index in [0.717, 1.165) is 77.2 Å². The molecule has 11 rings (SSSR count). The standard InChI is InChI=1S/C55H35N3O/c1-3-13-36(14-4-1)38-29-33-42(34-30-38)53-56-54(47-23-10-18-40-17-7-8-21-45(40)47)58-55(57-53)49-25-12-26-50-51(49)48-24-11-22-46(52(48)59-50)41-31-27-39(28-32-41)44-20-9-19-43(35-44)37-15-5-2-6-16-37/h1-35H. The lowest BCUT2D eigenvalue weighted by atomic mass is 9.96. The number of para-hydroxylation sites is 1. The van der Waals surface area contributed by atoms with Gasteiger partial charge in [-0.2, -0.15) is 0 Å². The minimum absolute atomic E-state index is 0.589. The molecule has 9 aromatic carbocycles. The normalized spacial score (nSPS) is 11.4. The van der Waals surface area contributed by atoms with Gasteiger partial charge in [-0.3, -0.25) is 0 Å². The maximum atomic E-state index is 6.75. The minimum Gasteiger partial charge on any atom is -0.455 e. The Labute approximate surface area is 341 Å². The molecule has 4 heteroatoms. The lowest BCUT2D eigenvalue weighted by Crippen LogP contribution is -2.01. The van der Waals surface area contributed by atoms with Crippen LogP contribution >= 0.6 is 0 Å². The van der Waals surface area contributed by atoms with Gasteiger partial charge in [0.2, 0.25) is 0 Å². The third kappa shape index (κ3) is 6.34. The van der Waals surface area contributed by atoms with E-state index in [-0.39, 0.29) is 0 Å². The average molecular weight is 754 g/mol. The second kappa shape index (κ2) is 14.5. The summed E-state index contributed by atoms with van der Waals surface area (Å²) < 4.78 is 6.75.